The minimum Gasteiger partial charge on any atom is -0.460 e. The van der Waals surface area contributed by atoms with E-state index in [0.29, 0.717) is 13.2 Å². The van der Waals surface area contributed by atoms with Crippen molar-refractivity contribution in [1.82, 2.24) is 0 Å². The Labute approximate surface area is 117 Å². The molecule has 0 aliphatic rings. The average Bonchev–Trinajstić information content (AvgIpc) is 2.26. The van der Waals surface area contributed by atoms with Crippen LogP contribution in [0.3, 0.4) is 0 Å². The van der Waals surface area contributed by atoms with Crippen molar-refractivity contribution in [3.63, 3.8) is 0 Å². The second-order valence-electron chi connectivity index (χ2n) is 5.67. The fourth-order valence-corrected chi connectivity index (χ4v) is 1.40. The molecule has 0 unspecified atom stereocenters. The van der Waals surface area contributed by atoms with Gasteiger partial charge in [0.25, 0.3) is 0 Å². The maximum absolute atomic E-state index is 11.8. The number of rotatable bonds is 10. The van der Waals surface area contributed by atoms with Crippen molar-refractivity contribution in [2.75, 3.05) is 13.2 Å². The van der Waals surface area contributed by atoms with E-state index in [0.717, 1.165) is 25.7 Å². The van der Waals surface area contributed by atoms with Crippen molar-refractivity contribution >= 4 is 5.97 Å². The highest BCUT2D eigenvalue weighted by molar-refractivity contribution is 5.70. The number of hydrogen-bond donors (Lipinski definition) is 0. The lowest BCUT2D eigenvalue weighted by molar-refractivity contribution is -0.179. The first-order valence-corrected chi connectivity index (χ1v) is 7.34. The molecule has 0 aliphatic heterocycles. The lowest BCUT2D eigenvalue weighted by Gasteiger charge is -2.22. The molecular weight excluding hydrogens is 244 g/mol. The molecule has 19 heavy (non-hydrogen) atoms. The highest BCUT2D eigenvalue weighted by Crippen LogP contribution is 2.12. The second kappa shape index (κ2) is 10.2. The summed E-state index contributed by atoms with van der Waals surface area (Å²) in [5.74, 6) is -0.273. The first kappa shape index (κ1) is 18.4. The largest absolute Gasteiger partial charge is 0.460 e. The van der Waals surface area contributed by atoms with E-state index in [1.54, 1.807) is 0 Å². The summed E-state index contributed by atoms with van der Waals surface area (Å²) in [6.45, 7) is 11.0. The third-order valence-corrected chi connectivity index (χ3v) is 2.36. The average molecular weight is 274 g/mol. The standard InChI is InChI=1S/C15H30O4/c1-6-8-10-17-14(18-11-9-7-2)12-13(16)19-15(3,4)5/h14H,6-12H2,1-5H3. The number of carbonyl (C=O) groups excluding carboxylic acids is 1. The molecule has 4 heteroatoms. The van der Waals surface area contributed by atoms with Crippen LogP contribution in [0.1, 0.15) is 66.7 Å². The Kier molecular flexibility index (Phi) is 9.88. The van der Waals surface area contributed by atoms with Gasteiger partial charge in [-0.3, -0.25) is 4.79 Å². The van der Waals surface area contributed by atoms with Gasteiger partial charge in [-0.25, -0.2) is 0 Å². The van der Waals surface area contributed by atoms with E-state index in [-0.39, 0.29) is 12.4 Å². The van der Waals surface area contributed by atoms with E-state index in [2.05, 4.69) is 13.8 Å². The zero-order valence-corrected chi connectivity index (χ0v) is 13.2. The summed E-state index contributed by atoms with van der Waals surface area (Å²) in [4.78, 5) is 11.8. The van der Waals surface area contributed by atoms with Crippen molar-refractivity contribution in [2.45, 2.75) is 78.6 Å². The summed E-state index contributed by atoms with van der Waals surface area (Å²) >= 11 is 0. The number of esters is 1. The van der Waals surface area contributed by atoms with Crippen molar-refractivity contribution < 1.29 is 19.0 Å². The molecule has 0 saturated heterocycles. The molecule has 0 fully saturated rings. The van der Waals surface area contributed by atoms with Gasteiger partial charge in [-0.1, -0.05) is 26.7 Å². The molecule has 0 N–H and O–H groups in total. The van der Waals surface area contributed by atoms with Gasteiger partial charge in [0.15, 0.2) is 6.29 Å². The van der Waals surface area contributed by atoms with Crippen LogP contribution < -0.4 is 0 Å². The molecule has 0 saturated carbocycles. The van der Waals surface area contributed by atoms with Gasteiger partial charge >= 0.3 is 5.97 Å². The lowest BCUT2D eigenvalue weighted by Crippen LogP contribution is -2.29. The van der Waals surface area contributed by atoms with Gasteiger partial charge in [-0.2, -0.15) is 0 Å². The number of carbonyl (C=O) groups is 1. The van der Waals surface area contributed by atoms with Crippen molar-refractivity contribution in [3.05, 3.63) is 0 Å². The fraction of sp³-hybridized carbons (Fsp3) is 0.933. The highest BCUT2D eigenvalue weighted by atomic mass is 16.7. The lowest BCUT2D eigenvalue weighted by atomic mass is 10.2. The van der Waals surface area contributed by atoms with Gasteiger partial charge in [0.05, 0.1) is 6.42 Å². The van der Waals surface area contributed by atoms with E-state index in [4.69, 9.17) is 14.2 Å². The van der Waals surface area contributed by atoms with Crippen molar-refractivity contribution in [3.8, 4) is 0 Å². The molecule has 0 heterocycles. The molecule has 0 aromatic carbocycles. The first-order valence-electron chi connectivity index (χ1n) is 7.34. The normalized spacial score (nSPS) is 11.9. The summed E-state index contributed by atoms with van der Waals surface area (Å²) in [5.41, 5.74) is -0.464. The molecule has 0 aromatic heterocycles. The summed E-state index contributed by atoms with van der Waals surface area (Å²) < 4.78 is 16.5. The van der Waals surface area contributed by atoms with E-state index in [9.17, 15) is 4.79 Å². The van der Waals surface area contributed by atoms with E-state index in [1.165, 1.54) is 0 Å². The first-order chi connectivity index (χ1) is 8.89. The van der Waals surface area contributed by atoms with Crippen molar-refractivity contribution in [2.24, 2.45) is 0 Å². The highest BCUT2D eigenvalue weighted by Gasteiger charge is 2.21. The third kappa shape index (κ3) is 12.2. The number of ether oxygens (including phenoxy) is 3. The van der Waals surface area contributed by atoms with E-state index < -0.39 is 11.9 Å². The van der Waals surface area contributed by atoms with Gasteiger partial charge in [0.1, 0.15) is 5.60 Å². The Morgan fingerprint density at radius 3 is 1.84 bits per heavy atom. The molecule has 0 spiro atoms. The fourth-order valence-electron chi connectivity index (χ4n) is 1.40. The van der Waals surface area contributed by atoms with Gasteiger partial charge < -0.3 is 14.2 Å². The molecule has 0 atom stereocenters. The Morgan fingerprint density at radius 2 is 1.47 bits per heavy atom. The Hall–Kier alpha value is -0.610. The zero-order valence-electron chi connectivity index (χ0n) is 13.2. The molecule has 114 valence electrons. The maximum atomic E-state index is 11.8. The quantitative estimate of drug-likeness (QED) is 0.346. The maximum Gasteiger partial charge on any atom is 0.311 e. The Morgan fingerprint density at radius 1 is 1.00 bits per heavy atom. The molecule has 0 radical (unpaired) electrons. The minimum atomic E-state index is -0.479. The molecule has 0 aromatic rings. The van der Waals surface area contributed by atoms with Crippen LogP contribution in [-0.2, 0) is 19.0 Å². The topological polar surface area (TPSA) is 44.8 Å². The van der Waals surface area contributed by atoms with E-state index >= 15 is 0 Å². The van der Waals surface area contributed by atoms with Crippen LogP contribution in [-0.4, -0.2) is 31.1 Å². The minimum absolute atomic E-state index is 0.157. The van der Waals surface area contributed by atoms with Crippen LogP contribution in [0.2, 0.25) is 0 Å². The summed E-state index contributed by atoms with van der Waals surface area (Å²) in [6, 6.07) is 0. The Balaban J connectivity index is 4.11. The van der Waals surface area contributed by atoms with Crippen molar-refractivity contribution in [1.29, 1.82) is 0 Å². The molecule has 0 bridgehead atoms. The van der Waals surface area contributed by atoms with Gasteiger partial charge in [-0.05, 0) is 33.6 Å². The summed E-state index contributed by atoms with van der Waals surface area (Å²) in [5, 5.41) is 0. The van der Waals surface area contributed by atoms with Crippen LogP contribution in [0.15, 0.2) is 0 Å². The van der Waals surface area contributed by atoms with Crippen LogP contribution in [0.4, 0.5) is 0 Å². The zero-order chi connectivity index (χ0) is 14.7. The summed E-state index contributed by atoms with van der Waals surface area (Å²) in [7, 11) is 0. The van der Waals surface area contributed by atoms with Crippen LogP contribution in [0.5, 0.6) is 0 Å². The number of hydrogen-bond acceptors (Lipinski definition) is 4. The predicted molar refractivity (Wildman–Crippen MR) is 76.0 cm³/mol. The summed E-state index contributed by atoms with van der Waals surface area (Å²) in [6.07, 6.45) is 3.75. The van der Waals surface area contributed by atoms with Gasteiger partial charge in [0, 0.05) is 13.2 Å². The monoisotopic (exact) mass is 274 g/mol. The SMILES string of the molecule is CCCCOC(CC(=O)OC(C)(C)C)OCCCC. The van der Waals surface area contributed by atoms with Crippen LogP contribution >= 0.6 is 0 Å². The molecule has 0 rings (SSSR count). The third-order valence-electron chi connectivity index (χ3n) is 2.36. The predicted octanol–water partition coefficient (Wildman–Crippen LogP) is 3.68. The van der Waals surface area contributed by atoms with Gasteiger partial charge in [-0.15, -0.1) is 0 Å². The Bertz CT molecular complexity index is 223. The smallest absolute Gasteiger partial charge is 0.311 e. The van der Waals surface area contributed by atoms with Crippen LogP contribution in [0, 0.1) is 0 Å². The second-order valence-corrected chi connectivity index (χ2v) is 5.67. The van der Waals surface area contributed by atoms with Crippen LogP contribution in [0.25, 0.3) is 0 Å². The molecular formula is C15H30O4. The molecule has 0 aliphatic carbocycles. The number of unbranched alkanes of at least 4 members (excludes halogenated alkanes) is 2. The van der Waals surface area contributed by atoms with E-state index in [1.807, 2.05) is 20.8 Å². The molecule has 0 amide bonds. The van der Waals surface area contributed by atoms with Gasteiger partial charge in [0.2, 0.25) is 0 Å². The molecule has 4 nitrogen and oxygen atoms in total.